The number of hydrogen-bond donors (Lipinski definition) is 1. The molecule has 1 atom stereocenters. The number of methoxy groups -OCH3 is 2. The van der Waals surface area contributed by atoms with Gasteiger partial charge in [-0.25, -0.2) is 0 Å². The van der Waals surface area contributed by atoms with Crippen molar-refractivity contribution in [3.63, 3.8) is 0 Å². The Kier molecular flexibility index (Phi) is 8.06. The summed E-state index contributed by atoms with van der Waals surface area (Å²) >= 11 is 6.27. The lowest BCUT2D eigenvalue weighted by molar-refractivity contribution is -0.132. The molecule has 0 bridgehead atoms. The van der Waals surface area contributed by atoms with Crippen LogP contribution in [0.2, 0.25) is 5.02 Å². The van der Waals surface area contributed by atoms with E-state index in [1.54, 1.807) is 36.4 Å². The van der Waals surface area contributed by atoms with Crippen LogP contribution in [-0.4, -0.2) is 51.2 Å². The van der Waals surface area contributed by atoms with Crippen molar-refractivity contribution in [3.8, 4) is 17.2 Å². The van der Waals surface area contributed by atoms with Gasteiger partial charge in [-0.1, -0.05) is 23.7 Å². The van der Waals surface area contributed by atoms with Crippen LogP contribution in [0.25, 0.3) is 5.76 Å². The molecule has 1 N–H and O–H groups in total. The maximum absolute atomic E-state index is 13.6. The lowest BCUT2D eigenvalue weighted by Gasteiger charge is -2.26. The number of carbonyl (C=O) groups excluding carboxylic acids is 2. The maximum atomic E-state index is 13.6. The molecular weight excluding hydrogens is 520 g/mol. The minimum absolute atomic E-state index is 0.0871. The fourth-order valence-corrected chi connectivity index (χ4v) is 4.78. The van der Waals surface area contributed by atoms with Gasteiger partial charge in [-0.15, -0.1) is 0 Å². The van der Waals surface area contributed by atoms with Crippen LogP contribution in [0.5, 0.6) is 17.2 Å². The highest BCUT2D eigenvalue weighted by molar-refractivity contribution is 6.51. The second kappa shape index (κ2) is 11.3. The first-order valence-corrected chi connectivity index (χ1v) is 12.7. The number of anilines is 2. The summed E-state index contributed by atoms with van der Waals surface area (Å²) in [5.41, 5.74) is 2.09. The first kappa shape index (κ1) is 27.9. The molecule has 0 radical (unpaired) electrons. The first-order valence-electron chi connectivity index (χ1n) is 12.3. The van der Waals surface area contributed by atoms with Crippen LogP contribution in [0, 0.1) is 0 Å². The van der Waals surface area contributed by atoms with Crippen molar-refractivity contribution < 1.29 is 28.9 Å². The fourth-order valence-electron chi connectivity index (χ4n) is 4.55. The van der Waals surface area contributed by atoms with Gasteiger partial charge in [0.2, 0.25) is 0 Å². The highest BCUT2D eigenvalue weighted by Crippen LogP contribution is 2.45. The minimum atomic E-state index is -0.947. The Balaban J connectivity index is 1.97. The zero-order valence-electron chi connectivity index (χ0n) is 22.7. The van der Waals surface area contributed by atoms with E-state index in [1.807, 2.05) is 45.0 Å². The third-order valence-electron chi connectivity index (χ3n) is 6.36. The van der Waals surface area contributed by atoms with Gasteiger partial charge in [0.1, 0.15) is 23.0 Å². The summed E-state index contributed by atoms with van der Waals surface area (Å²) < 4.78 is 16.7. The molecule has 3 aromatic rings. The van der Waals surface area contributed by atoms with Gasteiger partial charge in [0.05, 0.1) is 42.5 Å². The SMILES string of the molecule is COc1cc(/C(O)=C2\C(=O)C(=O)N(c3ccc(N(C)C)cc3)C2c2cccc(OC(C)C)c2)c(OC)cc1Cl. The number of Topliss-reactive ketones (excluding diaryl/α,β-unsaturated/α-hetero) is 1. The van der Waals surface area contributed by atoms with Gasteiger partial charge in [0.25, 0.3) is 11.7 Å². The number of rotatable bonds is 8. The summed E-state index contributed by atoms with van der Waals surface area (Å²) in [7, 11) is 6.68. The second-order valence-corrected chi connectivity index (χ2v) is 9.91. The topological polar surface area (TPSA) is 88.5 Å². The smallest absolute Gasteiger partial charge is 0.300 e. The zero-order chi connectivity index (χ0) is 28.4. The van der Waals surface area contributed by atoms with Crippen LogP contribution >= 0.6 is 11.6 Å². The first-order chi connectivity index (χ1) is 18.6. The van der Waals surface area contributed by atoms with E-state index in [9.17, 15) is 14.7 Å². The number of ketones is 1. The second-order valence-electron chi connectivity index (χ2n) is 9.51. The van der Waals surface area contributed by atoms with Crippen molar-refractivity contribution in [1.82, 2.24) is 0 Å². The van der Waals surface area contributed by atoms with Crippen LogP contribution < -0.4 is 24.0 Å². The largest absolute Gasteiger partial charge is 0.507 e. The molecule has 1 amide bonds. The Morgan fingerprint density at radius 1 is 0.974 bits per heavy atom. The van der Waals surface area contributed by atoms with Crippen molar-refractivity contribution in [3.05, 3.63) is 82.4 Å². The van der Waals surface area contributed by atoms with Crippen LogP contribution in [0.15, 0.2) is 66.2 Å². The zero-order valence-corrected chi connectivity index (χ0v) is 23.4. The Morgan fingerprint density at radius 3 is 2.23 bits per heavy atom. The van der Waals surface area contributed by atoms with Crippen LogP contribution in [0.4, 0.5) is 11.4 Å². The molecule has 3 aromatic carbocycles. The third-order valence-corrected chi connectivity index (χ3v) is 6.66. The molecule has 8 nitrogen and oxygen atoms in total. The van der Waals surface area contributed by atoms with Gasteiger partial charge in [-0.05, 0) is 61.9 Å². The summed E-state index contributed by atoms with van der Waals surface area (Å²) in [6.45, 7) is 3.82. The molecule has 1 unspecified atom stereocenters. The van der Waals surface area contributed by atoms with Crippen molar-refractivity contribution in [2.45, 2.75) is 26.0 Å². The van der Waals surface area contributed by atoms with Gasteiger partial charge in [-0.3, -0.25) is 14.5 Å². The highest BCUT2D eigenvalue weighted by Gasteiger charge is 2.47. The average Bonchev–Trinajstić information content (AvgIpc) is 3.18. The number of ether oxygens (including phenoxy) is 3. The van der Waals surface area contributed by atoms with E-state index in [-0.39, 0.29) is 33.8 Å². The number of nitrogens with zero attached hydrogens (tertiary/aromatic N) is 2. The average molecular weight is 551 g/mol. The molecule has 4 rings (SSSR count). The van der Waals surface area contributed by atoms with Gasteiger partial charge in [-0.2, -0.15) is 0 Å². The molecule has 0 saturated carbocycles. The van der Waals surface area contributed by atoms with E-state index in [2.05, 4.69) is 0 Å². The Morgan fingerprint density at radius 2 is 1.64 bits per heavy atom. The molecule has 1 fully saturated rings. The van der Waals surface area contributed by atoms with Gasteiger partial charge >= 0.3 is 0 Å². The molecule has 1 saturated heterocycles. The summed E-state index contributed by atoms with van der Waals surface area (Å²) in [4.78, 5) is 30.5. The molecule has 0 spiro atoms. The maximum Gasteiger partial charge on any atom is 0.300 e. The van der Waals surface area contributed by atoms with Crippen LogP contribution in [-0.2, 0) is 9.59 Å². The van der Waals surface area contributed by atoms with Crippen LogP contribution in [0.1, 0.15) is 31.0 Å². The van der Waals surface area contributed by atoms with E-state index >= 15 is 0 Å². The Labute approximate surface area is 233 Å². The van der Waals surface area contributed by atoms with Crippen molar-refractivity contribution >= 4 is 40.4 Å². The monoisotopic (exact) mass is 550 g/mol. The lowest BCUT2D eigenvalue weighted by atomic mass is 9.94. The lowest BCUT2D eigenvalue weighted by Crippen LogP contribution is -2.29. The van der Waals surface area contributed by atoms with E-state index in [0.29, 0.717) is 17.0 Å². The molecule has 1 aliphatic rings. The standard InChI is InChI=1S/C30H31ClN2O6/c1-17(2)39-21-9-7-8-18(14-21)27-26(28(34)22-15-25(38-6)23(31)16-24(22)37-5)29(35)30(36)33(27)20-12-10-19(11-13-20)32(3)4/h7-17,27,34H,1-6H3/b28-26+. The molecule has 0 aliphatic carbocycles. The summed E-state index contributed by atoms with van der Waals surface area (Å²) in [6.07, 6.45) is -0.0871. The number of aliphatic hydroxyl groups excluding tert-OH is 1. The molecule has 1 aliphatic heterocycles. The van der Waals surface area contributed by atoms with E-state index in [1.165, 1.54) is 31.3 Å². The molecule has 39 heavy (non-hydrogen) atoms. The molecular formula is C30H31ClN2O6. The molecule has 0 aromatic heterocycles. The number of aliphatic hydroxyl groups is 1. The van der Waals surface area contributed by atoms with Gasteiger partial charge in [0.15, 0.2) is 0 Å². The predicted molar refractivity (Wildman–Crippen MR) is 152 cm³/mol. The van der Waals surface area contributed by atoms with E-state index < -0.39 is 23.5 Å². The summed E-state index contributed by atoms with van der Waals surface area (Å²) in [6, 6.07) is 16.4. The van der Waals surface area contributed by atoms with Crippen molar-refractivity contribution in [2.24, 2.45) is 0 Å². The minimum Gasteiger partial charge on any atom is -0.507 e. The molecule has 9 heteroatoms. The Hall–Kier alpha value is -4.17. The van der Waals surface area contributed by atoms with Crippen molar-refractivity contribution in [2.75, 3.05) is 38.1 Å². The number of amides is 1. The third kappa shape index (κ3) is 5.38. The number of carbonyl (C=O) groups is 2. The highest BCUT2D eigenvalue weighted by atomic mass is 35.5. The summed E-state index contributed by atoms with van der Waals surface area (Å²) in [5, 5.41) is 11.9. The van der Waals surface area contributed by atoms with Crippen LogP contribution in [0.3, 0.4) is 0 Å². The Bertz CT molecular complexity index is 1430. The number of halogens is 1. The number of hydrogen-bond acceptors (Lipinski definition) is 7. The molecule has 1 heterocycles. The summed E-state index contributed by atoms with van der Waals surface area (Å²) in [5.74, 6) is -0.948. The molecule has 204 valence electrons. The van der Waals surface area contributed by atoms with E-state index in [0.717, 1.165) is 5.69 Å². The fraction of sp³-hybridized carbons (Fsp3) is 0.267. The van der Waals surface area contributed by atoms with E-state index in [4.69, 9.17) is 25.8 Å². The van der Waals surface area contributed by atoms with Crippen molar-refractivity contribution in [1.29, 1.82) is 0 Å². The predicted octanol–water partition coefficient (Wildman–Crippen LogP) is 5.84. The van der Waals surface area contributed by atoms with Gasteiger partial charge < -0.3 is 24.2 Å². The number of benzene rings is 3. The quantitative estimate of drug-likeness (QED) is 0.214. The normalized spacial score (nSPS) is 16.5. The van der Waals surface area contributed by atoms with Gasteiger partial charge in [0, 0.05) is 31.5 Å².